The third kappa shape index (κ3) is 8.14. The van der Waals surface area contributed by atoms with Crippen LogP contribution in [-0.2, 0) is 25.6 Å². The van der Waals surface area contributed by atoms with Gasteiger partial charge in [-0.2, -0.15) is 0 Å². The van der Waals surface area contributed by atoms with Crippen LogP contribution in [0.5, 0.6) is 0 Å². The molecule has 0 bridgehead atoms. The third-order valence-electron chi connectivity index (χ3n) is 8.70. The average molecular weight is 568 g/mol. The number of aldehydes is 1. The topological polar surface area (TPSA) is 138 Å². The summed E-state index contributed by atoms with van der Waals surface area (Å²) in [6.07, 6.45) is 10.9. The molecule has 3 fully saturated rings. The molecule has 2 unspecified atom stereocenters. The van der Waals surface area contributed by atoms with Crippen molar-refractivity contribution < 1.29 is 24.0 Å². The first-order valence-corrected chi connectivity index (χ1v) is 15.1. The molecule has 224 valence electrons. The lowest BCUT2D eigenvalue weighted by atomic mass is 9.78. The number of ketones is 1. The Labute approximate surface area is 242 Å². The predicted octanol–water partition coefficient (Wildman–Crippen LogP) is 3.08. The van der Waals surface area contributed by atoms with Crippen LogP contribution >= 0.6 is 0 Å². The molecule has 3 N–H and O–H groups in total. The van der Waals surface area contributed by atoms with E-state index >= 15 is 0 Å². The molecule has 2 aliphatic carbocycles. The van der Waals surface area contributed by atoms with Gasteiger partial charge in [0.1, 0.15) is 12.1 Å². The number of likely N-dealkylation sites (tertiary alicyclic amines) is 1. The number of urea groups is 1. The maximum absolute atomic E-state index is 13.9. The van der Waals surface area contributed by atoms with Crippen molar-refractivity contribution in [2.45, 2.75) is 115 Å². The van der Waals surface area contributed by atoms with E-state index in [1.807, 2.05) is 39.0 Å². The quantitative estimate of drug-likeness (QED) is 0.278. The van der Waals surface area contributed by atoms with Crippen LogP contribution in [0.4, 0.5) is 4.79 Å². The van der Waals surface area contributed by atoms with Crippen LogP contribution in [0.3, 0.4) is 0 Å². The van der Waals surface area contributed by atoms with Crippen LogP contribution in [-0.4, -0.2) is 70.0 Å². The summed E-state index contributed by atoms with van der Waals surface area (Å²) in [4.78, 5) is 70.1. The first-order chi connectivity index (χ1) is 19.5. The van der Waals surface area contributed by atoms with Crippen molar-refractivity contribution in [1.82, 2.24) is 25.8 Å². The predicted molar refractivity (Wildman–Crippen MR) is 154 cm³/mol. The van der Waals surface area contributed by atoms with Gasteiger partial charge < -0.3 is 20.9 Å². The fourth-order valence-corrected chi connectivity index (χ4v) is 6.23. The monoisotopic (exact) mass is 567 g/mol. The van der Waals surface area contributed by atoms with Gasteiger partial charge in [-0.1, -0.05) is 58.9 Å². The summed E-state index contributed by atoms with van der Waals surface area (Å²) in [5.41, 5.74) is -0.155. The zero-order valence-electron chi connectivity index (χ0n) is 24.6. The zero-order valence-corrected chi connectivity index (χ0v) is 24.6. The summed E-state index contributed by atoms with van der Waals surface area (Å²) < 4.78 is 0. The summed E-state index contributed by atoms with van der Waals surface area (Å²) in [5, 5.41) is 8.93. The Morgan fingerprint density at radius 2 is 1.78 bits per heavy atom. The average Bonchev–Trinajstić information content (AvgIpc) is 3.62. The van der Waals surface area contributed by atoms with E-state index in [2.05, 4.69) is 20.9 Å². The molecular formula is C31H45N5O5. The van der Waals surface area contributed by atoms with Gasteiger partial charge in [0.2, 0.25) is 17.6 Å². The molecule has 0 spiro atoms. The normalized spacial score (nSPS) is 21.8. The van der Waals surface area contributed by atoms with Crippen molar-refractivity contribution in [1.29, 1.82) is 0 Å². The van der Waals surface area contributed by atoms with E-state index in [-0.39, 0.29) is 12.2 Å². The molecule has 3 aliphatic rings. The lowest BCUT2D eigenvalue weighted by Crippen LogP contribution is -2.62. The summed E-state index contributed by atoms with van der Waals surface area (Å²) in [7, 11) is 0. The fourth-order valence-electron chi connectivity index (χ4n) is 6.23. The van der Waals surface area contributed by atoms with Gasteiger partial charge in [-0.3, -0.25) is 24.2 Å². The van der Waals surface area contributed by atoms with E-state index in [0.29, 0.717) is 38.1 Å². The van der Waals surface area contributed by atoms with E-state index in [9.17, 15) is 24.0 Å². The molecule has 1 aromatic rings. The highest BCUT2D eigenvalue weighted by atomic mass is 16.2. The summed E-state index contributed by atoms with van der Waals surface area (Å²) in [6.45, 7) is 6.05. The van der Waals surface area contributed by atoms with E-state index < -0.39 is 46.8 Å². The number of carbonyl (C=O) groups is 5. The second kappa shape index (κ2) is 13.1. The van der Waals surface area contributed by atoms with E-state index in [1.165, 1.54) is 4.90 Å². The maximum atomic E-state index is 13.9. The van der Waals surface area contributed by atoms with Gasteiger partial charge in [0.25, 0.3) is 0 Å². The number of hydrogen-bond acceptors (Lipinski definition) is 6. The molecule has 1 aliphatic heterocycles. The van der Waals surface area contributed by atoms with Gasteiger partial charge in [-0.15, -0.1) is 0 Å². The van der Waals surface area contributed by atoms with Crippen LogP contribution in [0.1, 0.15) is 90.7 Å². The van der Waals surface area contributed by atoms with Gasteiger partial charge in [-0.25, -0.2) is 4.79 Å². The second-order valence-corrected chi connectivity index (χ2v) is 13.2. The van der Waals surface area contributed by atoms with Crippen LogP contribution in [0.2, 0.25) is 0 Å². The van der Waals surface area contributed by atoms with Crippen molar-refractivity contribution in [2.75, 3.05) is 6.54 Å². The van der Waals surface area contributed by atoms with Gasteiger partial charge in [0.05, 0.1) is 6.04 Å². The molecule has 0 aromatic carbocycles. The molecule has 1 aromatic heterocycles. The minimum atomic E-state index is -0.870. The van der Waals surface area contributed by atoms with Crippen LogP contribution in [0.25, 0.3) is 0 Å². The largest absolute Gasteiger partial charge is 0.344 e. The number of hydrogen-bond donors (Lipinski definition) is 3. The highest BCUT2D eigenvalue weighted by Crippen LogP contribution is 2.34. The molecule has 2 heterocycles. The number of carbonyl (C=O) groups excluding carboxylic acids is 5. The van der Waals surface area contributed by atoms with Crippen molar-refractivity contribution >= 4 is 29.9 Å². The molecule has 0 radical (unpaired) electrons. The third-order valence-corrected chi connectivity index (χ3v) is 8.70. The minimum Gasteiger partial charge on any atom is -0.344 e. The molecule has 10 nitrogen and oxygen atoms in total. The Morgan fingerprint density at radius 3 is 2.39 bits per heavy atom. The lowest BCUT2D eigenvalue weighted by Gasteiger charge is -2.40. The number of rotatable bonds is 11. The number of nitrogens with one attached hydrogen (secondary N) is 3. The van der Waals surface area contributed by atoms with Crippen molar-refractivity contribution in [2.24, 2.45) is 11.3 Å². The first-order valence-electron chi connectivity index (χ1n) is 15.1. The Bertz CT molecular complexity index is 1110. The smallest absolute Gasteiger partial charge is 0.315 e. The molecule has 4 rings (SSSR count). The van der Waals surface area contributed by atoms with E-state index in [4.69, 9.17) is 0 Å². The lowest BCUT2D eigenvalue weighted by molar-refractivity contribution is -0.142. The Morgan fingerprint density at radius 1 is 1.05 bits per heavy atom. The number of Topliss-reactive ketones (excluding diaryl/α,β-unsaturated/α-hetero) is 1. The van der Waals surface area contributed by atoms with E-state index in [1.54, 1.807) is 6.20 Å². The van der Waals surface area contributed by atoms with E-state index in [0.717, 1.165) is 50.6 Å². The Kier molecular flexibility index (Phi) is 9.81. The molecule has 4 amide bonds. The van der Waals surface area contributed by atoms with Gasteiger partial charge in [-0.05, 0) is 55.6 Å². The molecule has 1 saturated heterocycles. The Balaban J connectivity index is 1.45. The first kappa shape index (κ1) is 30.7. The van der Waals surface area contributed by atoms with Gasteiger partial charge in [0, 0.05) is 30.4 Å². The minimum absolute atomic E-state index is 0.260. The second-order valence-electron chi connectivity index (χ2n) is 13.2. The molecular weight excluding hydrogens is 522 g/mol. The van der Waals surface area contributed by atoms with Crippen molar-refractivity contribution in [3.63, 3.8) is 0 Å². The van der Waals surface area contributed by atoms with Gasteiger partial charge in [0.15, 0.2) is 6.29 Å². The van der Waals surface area contributed by atoms with Crippen molar-refractivity contribution in [3.8, 4) is 0 Å². The highest BCUT2D eigenvalue weighted by molar-refractivity contribution is 6.28. The fraction of sp³-hybridized carbons (Fsp3) is 0.677. The summed E-state index contributed by atoms with van der Waals surface area (Å²) in [5.74, 6) is -1.06. The number of nitrogens with zero attached hydrogens (tertiary/aromatic N) is 2. The number of aromatic nitrogens is 1. The Hall–Kier alpha value is -3.30. The highest BCUT2D eigenvalue weighted by Gasteiger charge is 2.44. The SMILES string of the molecule is CC(C)(C)C(NC(=O)NC1(Cc2ccccn2)CCCCC1)C(=O)N1CCC[C@H]1C(=O)NC(CC1CC1)C(=O)C=O. The molecule has 2 saturated carbocycles. The molecule has 41 heavy (non-hydrogen) atoms. The van der Waals surface area contributed by atoms with Crippen LogP contribution in [0.15, 0.2) is 24.4 Å². The summed E-state index contributed by atoms with van der Waals surface area (Å²) >= 11 is 0. The molecule has 3 atom stereocenters. The van der Waals surface area contributed by atoms with Gasteiger partial charge >= 0.3 is 6.03 Å². The summed E-state index contributed by atoms with van der Waals surface area (Å²) in [6, 6.07) is 2.89. The number of pyridine rings is 1. The van der Waals surface area contributed by atoms with Crippen LogP contribution < -0.4 is 16.0 Å². The van der Waals surface area contributed by atoms with Crippen molar-refractivity contribution in [3.05, 3.63) is 30.1 Å². The van der Waals surface area contributed by atoms with Crippen LogP contribution in [0, 0.1) is 11.3 Å². The molecule has 10 heteroatoms. The zero-order chi connectivity index (χ0) is 29.6. The standard InChI is InChI=1S/C31H45N5O5/c1-30(2,3)26(34-29(41)35-31(14-6-4-7-15-31)19-22-10-5-8-16-32-22)28(40)36-17-9-11-24(36)27(39)33-23(25(38)20-37)18-21-12-13-21/h5,8,10,16,20-21,23-24,26H,4,6-7,9,11-15,17-19H2,1-3H3,(H,33,39)(H2,34,35,41)/t23?,24-,26?/m0/s1. The maximum Gasteiger partial charge on any atom is 0.315 e. The number of amides is 4.